The molecule has 0 aliphatic carbocycles. The minimum absolute atomic E-state index is 0.0340. The molecular formula is C25H30N4O4. The lowest BCUT2D eigenvalue weighted by Crippen LogP contribution is -2.42. The average Bonchev–Trinajstić information content (AvgIpc) is 3.24. The van der Waals surface area contributed by atoms with Gasteiger partial charge in [0.05, 0.1) is 19.9 Å². The van der Waals surface area contributed by atoms with Crippen LogP contribution >= 0.6 is 0 Å². The van der Waals surface area contributed by atoms with E-state index < -0.39 is 0 Å². The van der Waals surface area contributed by atoms with E-state index in [0.717, 1.165) is 22.5 Å². The van der Waals surface area contributed by atoms with Gasteiger partial charge in [0.25, 0.3) is 0 Å². The zero-order valence-corrected chi connectivity index (χ0v) is 19.3. The van der Waals surface area contributed by atoms with Crippen LogP contribution in [0, 0.1) is 12.8 Å². The number of aromatic nitrogens is 2. The number of carbonyl (C=O) groups excluding carboxylic acids is 2. The summed E-state index contributed by atoms with van der Waals surface area (Å²) in [6.07, 6.45) is 5.29. The molecule has 1 aliphatic rings. The van der Waals surface area contributed by atoms with Crippen molar-refractivity contribution in [2.24, 2.45) is 11.7 Å². The monoisotopic (exact) mass is 450 g/mol. The summed E-state index contributed by atoms with van der Waals surface area (Å²) in [6, 6.07) is 9.73. The molecule has 1 atom stereocenters. The van der Waals surface area contributed by atoms with Crippen molar-refractivity contribution in [1.29, 1.82) is 0 Å². The Balaban J connectivity index is 1.69. The van der Waals surface area contributed by atoms with E-state index in [1.54, 1.807) is 14.2 Å². The number of rotatable bonds is 7. The molecule has 0 saturated carbocycles. The number of amides is 2. The summed E-state index contributed by atoms with van der Waals surface area (Å²) in [5.41, 5.74) is 9.23. The maximum atomic E-state index is 13.4. The van der Waals surface area contributed by atoms with Crippen molar-refractivity contribution in [3.8, 4) is 11.5 Å². The Bertz CT molecular complexity index is 1140. The Morgan fingerprint density at radius 1 is 1.12 bits per heavy atom. The lowest BCUT2D eigenvalue weighted by Gasteiger charge is -2.32. The number of fused-ring (bicyclic) bond motifs is 1. The molecule has 4 rings (SSSR count). The molecule has 1 saturated heterocycles. The van der Waals surface area contributed by atoms with E-state index in [1.807, 2.05) is 58.9 Å². The Labute approximate surface area is 193 Å². The third-order valence-electron chi connectivity index (χ3n) is 6.46. The topological polar surface area (TPSA) is 99.2 Å². The summed E-state index contributed by atoms with van der Waals surface area (Å²) in [6.45, 7) is 3.10. The second-order valence-corrected chi connectivity index (χ2v) is 8.58. The standard InChI is InChI=1S/C25H30N4O4/c1-16-4-9-29-22(15-27-23(29)10-16)21(18-11-19(32-2)13-20(12-18)33-3)14-24(30)28-7-5-17(6-8-28)25(26)31/h4,9-13,15,17,21H,5-8,14H2,1-3H3,(H2,26,31). The van der Waals surface area contributed by atoms with E-state index in [1.165, 1.54) is 0 Å². The molecule has 1 unspecified atom stereocenters. The summed E-state index contributed by atoms with van der Waals surface area (Å²) in [7, 11) is 3.22. The molecule has 0 spiro atoms. The molecule has 1 aromatic carbocycles. The van der Waals surface area contributed by atoms with Crippen LogP contribution in [0.3, 0.4) is 0 Å². The molecule has 8 nitrogen and oxygen atoms in total. The van der Waals surface area contributed by atoms with Gasteiger partial charge in [-0.1, -0.05) is 0 Å². The van der Waals surface area contributed by atoms with Gasteiger partial charge in [0.1, 0.15) is 17.1 Å². The Morgan fingerprint density at radius 2 is 1.79 bits per heavy atom. The number of carbonyl (C=O) groups is 2. The zero-order valence-electron chi connectivity index (χ0n) is 19.3. The zero-order chi connectivity index (χ0) is 23.5. The van der Waals surface area contributed by atoms with Crippen LogP contribution in [0.1, 0.15) is 42.0 Å². The highest BCUT2D eigenvalue weighted by Gasteiger charge is 2.29. The summed E-state index contributed by atoms with van der Waals surface area (Å²) >= 11 is 0. The fraction of sp³-hybridized carbons (Fsp3) is 0.400. The maximum absolute atomic E-state index is 13.4. The van der Waals surface area contributed by atoms with Gasteiger partial charge in [-0.25, -0.2) is 4.98 Å². The quantitative estimate of drug-likeness (QED) is 0.597. The highest BCUT2D eigenvalue weighted by Crippen LogP contribution is 2.35. The smallest absolute Gasteiger partial charge is 0.223 e. The molecule has 3 aromatic rings. The molecule has 1 aliphatic heterocycles. The van der Waals surface area contributed by atoms with Crippen molar-refractivity contribution in [2.75, 3.05) is 27.3 Å². The van der Waals surface area contributed by atoms with Gasteiger partial charge >= 0.3 is 0 Å². The number of hydrogen-bond acceptors (Lipinski definition) is 5. The van der Waals surface area contributed by atoms with Crippen LogP contribution in [0.25, 0.3) is 5.65 Å². The third-order valence-corrected chi connectivity index (χ3v) is 6.46. The fourth-order valence-electron chi connectivity index (χ4n) is 4.50. The second kappa shape index (κ2) is 9.52. The average molecular weight is 451 g/mol. The van der Waals surface area contributed by atoms with Crippen LogP contribution in [0.4, 0.5) is 0 Å². The van der Waals surface area contributed by atoms with Crippen LogP contribution in [0.2, 0.25) is 0 Å². The van der Waals surface area contributed by atoms with E-state index in [0.29, 0.717) is 37.4 Å². The van der Waals surface area contributed by atoms with Crippen LogP contribution in [0.15, 0.2) is 42.7 Å². The van der Waals surface area contributed by atoms with Crippen molar-refractivity contribution < 1.29 is 19.1 Å². The van der Waals surface area contributed by atoms with Crippen molar-refractivity contribution in [3.05, 3.63) is 59.5 Å². The number of ether oxygens (including phenoxy) is 2. The third kappa shape index (κ3) is 4.79. The number of methoxy groups -OCH3 is 2. The normalized spacial score (nSPS) is 15.4. The largest absolute Gasteiger partial charge is 0.497 e. The van der Waals surface area contributed by atoms with Crippen LogP contribution < -0.4 is 15.2 Å². The summed E-state index contributed by atoms with van der Waals surface area (Å²) < 4.78 is 13.0. The fourth-order valence-corrected chi connectivity index (χ4v) is 4.50. The lowest BCUT2D eigenvalue weighted by molar-refractivity contribution is -0.135. The Kier molecular flexibility index (Phi) is 6.53. The van der Waals surface area contributed by atoms with Crippen LogP contribution in [-0.4, -0.2) is 53.4 Å². The summed E-state index contributed by atoms with van der Waals surface area (Å²) in [4.78, 5) is 31.3. The van der Waals surface area contributed by atoms with Gasteiger partial charge in [0.2, 0.25) is 11.8 Å². The van der Waals surface area contributed by atoms with Crippen LogP contribution in [-0.2, 0) is 9.59 Å². The summed E-state index contributed by atoms with van der Waals surface area (Å²) in [5, 5.41) is 0. The number of aryl methyl sites for hydroxylation is 1. The number of nitrogens with two attached hydrogens (primary N) is 1. The van der Waals surface area contributed by atoms with Crippen molar-refractivity contribution >= 4 is 17.5 Å². The molecule has 2 amide bonds. The molecular weight excluding hydrogens is 420 g/mol. The minimum atomic E-state index is -0.288. The molecule has 0 bridgehead atoms. The van der Waals surface area contributed by atoms with Gasteiger partial charge in [-0.3, -0.25) is 9.59 Å². The molecule has 3 heterocycles. The number of primary amides is 1. The van der Waals surface area contributed by atoms with E-state index in [-0.39, 0.29) is 30.1 Å². The van der Waals surface area contributed by atoms with Gasteiger partial charge in [0.15, 0.2) is 0 Å². The van der Waals surface area contributed by atoms with Gasteiger partial charge in [-0.05, 0) is 55.2 Å². The molecule has 0 radical (unpaired) electrons. The minimum Gasteiger partial charge on any atom is -0.497 e. The highest BCUT2D eigenvalue weighted by molar-refractivity contribution is 5.79. The van der Waals surface area contributed by atoms with E-state index in [2.05, 4.69) is 4.98 Å². The molecule has 2 N–H and O–H groups in total. The molecule has 2 aromatic heterocycles. The Morgan fingerprint density at radius 3 is 2.39 bits per heavy atom. The van der Waals surface area contributed by atoms with Gasteiger partial charge < -0.3 is 24.5 Å². The number of imidazole rings is 1. The number of pyridine rings is 1. The number of likely N-dealkylation sites (tertiary alicyclic amines) is 1. The van der Waals surface area contributed by atoms with Crippen molar-refractivity contribution in [2.45, 2.75) is 32.1 Å². The van der Waals surface area contributed by atoms with E-state index in [4.69, 9.17) is 15.2 Å². The predicted molar refractivity (Wildman–Crippen MR) is 124 cm³/mol. The highest BCUT2D eigenvalue weighted by atomic mass is 16.5. The second-order valence-electron chi connectivity index (χ2n) is 8.58. The number of nitrogens with zero attached hydrogens (tertiary/aromatic N) is 3. The molecule has 33 heavy (non-hydrogen) atoms. The first-order valence-electron chi connectivity index (χ1n) is 11.1. The molecule has 1 fully saturated rings. The van der Waals surface area contributed by atoms with Crippen molar-refractivity contribution in [1.82, 2.24) is 14.3 Å². The van der Waals surface area contributed by atoms with E-state index >= 15 is 0 Å². The Hall–Kier alpha value is -3.55. The van der Waals surface area contributed by atoms with Gasteiger partial charge in [-0.2, -0.15) is 0 Å². The number of hydrogen-bond donors (Lipinski definition) is 1. The number of benzene rings is 1. The SMILES string of the molecule is COc1cc(OC)cc(C(CC(=O)N2CCC(C(N)=O)CC2)c2cnc3cc(C)ccn23)c1. The predicted octanol–water partition coefficient (Wildman–Crippen LogP) is 2.91. The number of piperidine rings is 1. The first-order valence-corrected chi connectivity index (χ1v) is 11.1. The summed E-state index contributed by atoms with van der Waals surface area (Å²) in [5.74, 6) is 0.654. The van der Waals surface area contributed by atoms with Gasteiger partial charge in [-0.15, -0.1) is 0 Å². The lowest BCUT2D eigenvalue weighted by atomic mass is 9.90. The van der Waals surface area contributed by atoms with E-state index in [9.17, 15) is 9.59 Å². The molecule has 174 valence electrons. The molecule has 8 heteroatoms. The maximum Gasteiger partial charge on any atom is 0.223 e. The van der Waals surface area contributed by atoms with Crippen molar-refractivity contribution in [3.63, 3.8) is 0 Å². The van der Waals surface area contributed by atoms with Crippen LogP contribution in [0.5, 0.6) is 11.5 Å². The first-order chi connectivity index (χ1) is 15.9. The first kappa shape index (κ1) is 22.6. The van der Waals surface area contributed by atoms with Gasteiger partial charge in [0, 0.05) is 49.8 Å².